The van der Waals surface area contributed by atoms with Gasteiger partial charge in [0.05, 0.1) is 14.2 Å². The molecule has 0 N–H and O–H groups in total. The molecule has 3 nitrogen and oxygen atoms in total. The molecule has 1 rings (SSSR count). The number of hydrogen-bond donors (Lipinski definition) is 0. The van der Waals surface area contributed by atoms with Crippen molar-refractivity contribution in [2.45, 2.75) is 13.8 Å². The van der Waals surface area contributed by atoms with Crippen molar-refractivity contribution in [2.75, 3.05) is 14.2 Å². The Hall–Kier alpha value is -1.84. The van der Waals surface area contributed by atoms with Gasteiger partial charge >= 0.3 is 5.97 Å². The first kappa shape index (κ1) is 13.2. The van der Waals surface area contributed by atoms with Crippen LogP contribution in [-0.4, -0.2) is 20.2 Å². The molecule has 0 aliphatic carbocycles. The highest BCUT2D eigenvalue weighted by Crippen LogP contribution is 2.25. The Morgan fingerprint density at radius 2 is 1.88 bits per heavy atom. The molecule has 0 saturated carbocycles. The van der Waals surface area contributed by atoms with Crippen LogP contribution in [0.3, 0.4) is 0 Å². The number of allylic oxidation sites excluding steroid dienone is 1. The monoisotopic (exact) mass is 238 g/mol. The highest BCUT2D eigenvalue weighted by molar-refractivity contribution is 5.96. The molecule has 0 fully saturated rings. The molecule has 0 aliphatic heterocycles. The normalized spacial score (nSPS) is 11.8. The van der Waals surface area contributed by atoms with Crippen LogP contribution in [0.2, 0.25) is 0 Å². The van der Waals surface area contributed by atoms with Crippen molar-refractivity contribution in [1.82, 2.24) is 0 Å². The molecule has 92 valence electrons. The van der Waals surface area contributed by atoms with Gasteiger partial charge in [0, 0.05) is 5.57 Å². The van der Waals surface area contributed by atoms with E-state index in [0.717, 1.165) is 11.1 Å². The van der Waals surface area contributed by atoms with Crippen LogP contribution in [0.15, 0.2) is 23.8 Å². The van der Waals surface area contributed by atoms with Gasteiger partial charge in [-0.25, -0.2) is 9.18 Å². The van der Waals surface area contributed by atoms with E-state index in [1.54, 1.807) is 26.0 Å². The maximum atomic E-state index is 13.2. The van der Waals surface area contributed by atoms with Crippen molar-refractivity contribution in [3.63, 3.8) is 0 Å². The second-order valence-corrected chi connectivity index (χ2v) is 3.59. The third-order valence-corrected chi connectivity index (χ3v) is 2.64. The molecular weight excluding hydrogens is 223 g/mol. The average Bonchev–Trinajstić information content (AvgIpc) is 2.36. The van der Waals surface area contributed by atoms with Crippen molar-refractivity contribution in [1.29, 1.82) is 0 Å². The lowest BCUT2D eigenvalue weighted by molar-refractivity contribution is -0.135. The van der Waals surface area contributed by atoms with Crippen LogP contribution in [0.5, 0.6) is 5.75 Å². The van der Waals surface area contributed by atoms with Crippen LogP contribution in [-0.2, 0) is 9.53 Å². The summed E-state index contributed by atoms with van der Waals surface area (Å²) in [7, 11) is 2.72. The molecule has 1 aromatic carbocycles. The predicted octanol–water partition coefficient (Wildman–Crippen LogP) is 2.80. The molecule has 0 radical (unpaired) electrons. The highest BCUT2D eigenvalue weighted by Gasteiger charge is 2.11. The largest absolute Gasteiger partial charge is 0.494 e. The van der Waals surface area contributed by atoms with Crippen LogP contribution < -0.4 is 4.74 Å². The minimum absolute atomic E-state index is 0.152. The lowest BCUT2D eigenvalue weighted by atomic mass is 10.0. The maximum Gasteiger partial charge on any atom is 0.333 e. The standard InChI is InChI=1S/C13H15FO3/c1-8(9(2)13(15)17-4)10-5-6-11(14)12(7-10)16-3/h5-7H,1-4H3/b9-8+. The summed E-state index contributed by atoms with van der Waals surface area (Å²) in [6, 6.07) is 4.46. The van der Waals surface area contributed by atoms with E-state index in [2.05, 4.69) is 4.74 Å². The van der Waals surface area contributed by atoms with Gasteiger partial charge in [0.1, 0.15) is 0 Å². The number of carbonyl (C=O) groups excluding carboxylic acids is 1. The van der Waals surface area contributed by atoms with E-state index in [-0.39, 0.29) is 5.75 Å². The van der Waals surface area contributed by atoms with Gasteiger partial charge < -0.3 is 9.47 Å². The molecule has 0 aliphatic rings. The first-order chi connectivity index (χ1) is 8.01. The van der Waals surface area contributed by atoms with E-state index in [4.69, 9.17) is 4.74 Å². The summed E-state index contributed by atoms with van der Waals surface area (Å²) in [5.41, 5.74) is 1.95. The zero-order valence-electron chi connectivity index (χ0n) is 10.3. The fraction of sp³-hybridized carbons (Fsp3) is 0.308. The van der Waals surface area contributed by atoms with E-state index < -0.39 is 11.8 Å². The number of methoxy groups -OCH3 is 2. The van der Waals surface area contributed by atoms with Gasteiger partial charge in [0.2, 0.25) is 0 Å². The molecule has 0 saturated heterocycles. The molecule has 0 unspecified atom stereocenters. The molecule has 0 bridgehead atoms. The number of rotatable bonds is 3. The van der Waals surface area contributed by atoms with Crippen molar-refractivity contribution in [3.05, 3.63) is 35.2 Å². The van der Waals surface area contributed by atoms with Gasteiger partial charge in [-0.15, -0.1) is 0 Å². The average molecular weight is 238 g/mol. The molecular formula is C13H15FO3. The van der Waals surface area contributed by atoms with Crippen LogP contribution in [0.4, 0.5) is 4.39 Å². The minimum Gasteiger partial charge on any atom is -0.494 e. The van der Waals surface area contributed by atoms with E-state index in [1.807, 2.05) is 0 Å². The number of halogens is 1. The van der Waals surface area contributed by atoms with E-state index in [0.29, 0.717) is 5.57 Å². The second kappa shape index (κ2) is 5.48. The molecule has 0 amide bonds. The van der Waals surface area contributed by atoms with Crippen molar-refractivity contribution < 1.29 is 18.7 Å². The Bertz CT molecular complexity index is 464. The molecule has 4 heteroatoms. The number of esters is 1. The van der Waals surface area contributed by atoms with E-state index in [9.17, 15) is 9.18 Å². The highest BCUT2D eigenvalue weighted by atomic mass is 19.1. The Balaban J connectivity index is 3.21. The minimum atomic E-state index is -0.431. The summed E-state index contributed by atoms with van der Waals surface area (Å²) in [5.74, 6) is -0.676. The van der Waals surface area contributed by atoms with Crippen molar-refractivity contribution in [2.24, 2.45) is 0 Å². The molecule has 0 aromatic heterocycles. The van der Waals surface area contributed by atoms with Gasteiger partial charge in [0.25, 0.3) is 0 Å². The SMILES string of the molecule is COC(=O)/C(C)=C(\C)c1ccc(F)c(OC)c1. The fourth-order valence-corrected chi connectivity index (χ4v) is 1.42. The van der Waals surface area contributed by atoms with Crippen molar-refractivity contribution >= 4 is 11.5 Å². The summed E-state index contributed by atoms with van der Waals surface area (Å²) >= 11 is 0. The summed E-state index contributed by atoms with van der Waals surface area (Å²) in [6.07, 6.45) is 0. The number of benzene rings is 1. The zero-order chi connectivity index (χ0) is 13.0. The van der Waals surface area contributed by atoms with E-state index in [1.165, 1.54) is 20.3 Å². The third kappa shape index (κ3) is 2.84. The lowest BCUT2D eigenvalue weighted by Crippen LogP contribution is -2.03. The Morgan fingerprint density at radius 1 is 1.24 bits per heavy atom. The Kier molecular flexibility index (Phi) is 4.26. The van der Waals surface area contributed by atoms with Crippen molar-refractivity contribution in [3.8, 4) is 5.75 Å². The predicted molar refractivity (Wildman–Crippen MR) is 63.2 cm³/mol. The molecule has 17 heavy (non-hydrogen) atoms. The molecule has 0 spiro atoms. The number of carbonyl (C=O) groups is 1. The summed E-state index contributed by atoms with van der Waals surface area (Å²) in [6.45, 7) is 3.44. The molecule has 1 aromatic rings. The van der Waals surface area contributed by atoms with Crippen LogP contribution in [0, 0.1) is 5.82 Å². The smallest absolute Gasteiger partial charge is 0.333 e. The van der Waals surface area contributed by atoms with Gasteiger partial charge in [-0.2, -0.15) is 0 Å². The third-order valence-electron chi connectivity index (χ3n) is 2.64. The Morgan fingerprint density at radius 3 is 2.41 bits per heavy atom. The molecule has 0 atom stereocenters. The summed E-state index contributed by atoms with van der Waals surface area (Å²) in [4.78, 5) is 11.4. The first-order valence-corrected chi connectivity index (χ1v) is 5.11. The van der Waals surface area contributed by atoms with Crippen LogP contribution in [0.25, 0.3) is 5.57 Å². The van der Waals surface area contributed by atoms with Crippen LogP contribution >= 0.6 is 0 Å². The first-order valence-electron chi connectivity index (χ1n) is 5.11. The van der Waals surface area contributed by atoms with Gasteiger partial charge in [-0.1, -0.05) is 6.07 Å². The number of hydrogen-bond acceptors (Lipinski definition) is 3. The molecule has 0 heterocycles. The van der Waals surface area contributed by atoms with Gasteiger partial charge in [-0.05, 0) is 37.1 Å². The van der Waals surface area contributed by atoms with Gasteiger partial charge in [0.15, 0.2) is 11.6 Å². The van der Waals surface area contributed by atoms with E-state index >= 15 is 0 Å². The second-order valence-electron chi connectivity index (χ2n) is 3.59. The fourth-order valence-electron chi connectivity index (χ4n) is 1.42. The zero-order valence-corrected chi connectivity index (χ0v) is 10.3. The summed E-state index contributed by atoms with van der Waals surface area (Å²) < 4.78 is 22.7. The quantitative estimate of drug-likeness (QED) is 0.600. The van der Waals surface area contributed by atoms with Crippen LogP contribution in [0.1, 0.15) is 19.4 Å². The number of ether oxygens (including phenoxy) is 2. The Labute approximate surface area is 99.9 Å². The summed E-state index contributed by atoms with van der Waals surface area (Å²) in [5, 5.41) is 0. The topological polar surface area (TPSA) is 35.5 Å². The van der Waals surface area contributed by atoms with Gasteiger partial charge in [-0.3, -0.25) is 0 Å². The lowest BCUT2D eigenvalue weighted by Gasteiger charge is -2.08. The maximum absolute atomic E-state index is 13.2.